The SMILES string of the molecule is CCC(N)Cc1cccc(C)c1OCc1cccc(Cl)c1. The van der Waals surface area contributed by atoms with Crippen LogP contribution in [0.1, 0.15) is 30.0 Å². The predicted octanol–water partition coefficient (Wildman–Crippen LogP) is 4.51. The Balaban J connectivity index is 2.15. The topological polar surface area (TPSA) is 35.2 Å². The van der Waals surface area contributed by atoms with Crippen molar-refractivity contribution >= 4 is 11.6 Å². The standard InChI is InChI=1S/C18H22ClNO/c1-3-17(20)11-15-8-4-6-13(2)18(15)21-12-14-7-5-9-16(19)10-14/h4-10,17H,3,11-12,20H2,1-2H3. The highest BCUT2D eigenvalue weighted by Gasteiger charge is 2.10. The predicted molar refractivity (Wildman–Crippen MR) is 88.9 cm³/mol. The highest BCUT2D eigenvalue weighted by atomic mass is 35.5. The van der Waals surface area contributed by atoms with Crippen molar-refractivity contribution in [3.63, 3.8) is 0 Å². The molecule has 1 atom stereocenters. The summed E-state index contributed by atoms with van der Waals surface area (Å²) in [4.78, 5) is 0. The van der Waals surface area contributed by atoms with Gasteiger partial charge in [0.05, 0.1) is 0 Å². The van der Waals surface area contributed by atoms with Crippen molar-refractivity contribution in [1.82, 2.24) is 0 Å². The Hall–Kier alpha value is -1.51. The summed E-state index contributed by atoms with van der Waals surface area (Å²) in [6, 6.07) is 14.1. The van der Waals surface area contributed by atoms with Crippen LogP contribution in [0.3, 0.4) is 0 Å². The lowest BCUT2D eigenvalue weighted by molar-refractivity contribution is 0.300. The van der Waals surface area contributed by atoms with E-state index in [0.717, 1.165) is 34.7 Å². The van der Waals surface area contributed by atoms with E-state index in [1.165, 1.54) is 5.56 Å². The summed E-state index contributed by atoms with van der Waals surface area (Å²) in [6.45, 7) is 4.68. The molecule has 0 heterocycles. The molecule has 0 bridgehead atoms. The lowest BCUT2D eigenvalue weighted by atomic mass is 10.0. The van der Waals surface area contributed by atoms with Gasteiger partial charge in [-0.3, -0.25) is 0 Å². The fourth-order valence-electron chi connectivity index (χ4n) is 2.29. The molecule has 112 valence electrons. The summed E-state index contributed by atoms with van der Waals surface area (Å²) in [5.41, 5.74) is 9.45. The van der Waals surface area contributed by atoms with E-state index in [4.69, 9.17) is 22.1 Å². The van der Waals surface area contributed by atoms with Crippen molar-refractivity contribution < 1.29 is 4.74 Å². The quantitative estimate of drug-likeness (QED) is 0.852. The van der Waals surface area contributed by atoms with Gasteiger partial charge < -0.3 is 10.5 Å². The number of halogens is 1. The molecule has 2 aromatic carbocycles. The van der Waals surface area contributed by atoms with E-state index in [1.807, 2.05) is 24.3 Å². The van der Waals surface area contributed by atoms with Crippen molar-refractivity contribution in [3.8, 4) is 5.75 Å². The zero-order valence-corrected chi connectivity index (χ0v) is 13.4. The normalized spacial score (nSPS) is 12.2. The number of hydrogen-bond acceptors (Lipinski definition) is 2. The van der Waals surface area contributed by atoms with E-state index in [0.29, 0.717) is 6.61 Å². The van der Waals surface area contributed by atoms with Crippen LogP contribution in [-0.4, -0.2) is 6.04 Å². The summed E-state index contributed by atoms with van der Waals surface area (Å²) in [5, 5.41) is 0.731. The van der Waals surface area contributed by atoms with Gasteiger partial charge in [-0.25, -0.2) is 0 Å². The summed E-state index contributed by atoms with van der Waals surface area (Å²) < 4.78 is 6.04. The van der Waals surface area contributed by atoms with Crippen LogP contribution < -0.4 is 10.5 Å². The minimum atomic E-state index is 0.167. The third-order valence-electron chi connectivity index (χ3n) is 3.57. The van der Waals surface area contributed by atoms with Crippen LogP contribution in [0.15, 0.2) is 42.5 Å². The molecule has 0 aliphatic heterocycles. The van der Waals surface area contributed by atoms with Crippen LogP contribution >= 0.6 is 11.6 Å². The van der Waals surface area contributed by atoms with Gasteiger partial charge >= 0.3 is 0 Å². The average Bonchev–Trinajstić information content (AvgIpc) is 2.46. The van der Waals surface area contributed by atoms with Gasteiger partial charge in [-0.15, -0.1) is 0 Å². The number of rotatable bonds is 6. The lowest BCUT2D eigenvalue weighted by Gasteiger charge is -2.16. The van der Waals surface area contributed by atoms with Gasteiger partial charge in [0.1, 0.15) is 12.4 Å². The van der Waals surface area contributed by atoms with Crippen LogP contribution in [0.25, 0.3) is 0 Å². The van der Waals surface area contributed by atoms with Crippen LogP contribution in [0, 0.1) is 6.92 Å². The first kappa shape index (κ1) is 15.9. The van der Waals surface area contributed by atoms with Crippen LogP contribution in [0.4, 0.5) is 0 Å². The highest BCUT2D eigenvalue weighted by Crippen LogP contribution is 2.26. The number of nitrogens with two attached hydrogens (primary N) is 1. The largest absolute Gasteiger partial charge is 0.488 e. The number of ether oxygens (including phenoxy) is 1. The number of benzene rings is 2. The fraction of sp³-hybridized carbons (Fsp3) is 0.333. The monoisotopic (exact) mass is 303 g/mol. The third kappa shape index (κ3) is 4.48. The molecule has 21 heavy (non-hydrogen) atoms. The van der Waals surface area contributed by atoms with E-state index in [9.17, 15) is 0 Å². The van der Waals surface area contributed by atoms with Crippen molar-refractivity contribution in [1.29, 1.82) is 0 Å². The molecule has 0 fully saturated rings. The lowest BCUT2D eigenvalue weighted by Crippen LogP contribution is -2.21. The molecule has 2 N–H and O–H groups in total. The Labute approximate surface area is 131 Å². The summed E-state index contributed by atoms with van der Waals surface area (Å²) in [7, 11) is 0. The molecule has 2 rings (SSSR count). The molecular formula is C18H22ClNO. The van der Waals surface area contributed by atoms with E-state index < -0.39 is 0 Å². The minimum Gasteiger partial charge on any atom is -0.488 e. The van der Waals surface area contributed by atoms with Crippen molar-refractivity contribution in [3.05, 3.63) is 64.2 Å². The second kappa shape index (κ2) is 7.48. The Morgan fingerprint density at radius 3 is 2.67 bits per heavy atom. The molecule has 0 saturated carbocycles. The average molecular weight is 304 g/mol. The van der Waals surface area contributed by atoms with Gasteiger partial charge in [-0.1, -0.05) is 48.9 Å². The molecule has 0 amide bonds. The van der Waals surface area contributed by atoms with Gasteiger partial charge in [0.15, 0.2) is 0 Å². The maximum Gasteiger partial charge on any atom is 0.125 e. The molecule has 2 nitrogen and oxygen atoms in total. The third-order valence-corrected chi connectivity index (χ3v) is 3.81. The highest BCUT2D eigenvalue weighted by molar-refractivity contribution is 6.30. The van der Waals surface area contributed by atoms with E-state index >= 15 is 0 Å². The van der Waals surface area contributed by atoms with Gasteiger partial charge in [0, 0.05) is 11.1 Å². The molecule has 0 aliphatic carbocycles. The first-order valence-electron chi connectivity index (χ1n) is 7.31. The Kier molecular flexibility index (Phi) is 5.66. The summed E-state index contributed by atoms with van der Waals surface area (Å²) >= 11 is 6.00. The molecular weight excluding hydrogens is 282 g/mol. The van der Waals surface area contributed by atoms with Crippen molar-refractivity contribution in [2.45, 2.75) is 39.3 Å². The zero-order chi connectivity index (χ0) is 15.2. The molecule has 1 unspecified atom stereocenters. The Morgan fingerprint density at radius 2 is 1.95 bits per heavy atom. The maximum absolute atomic E-state index is 6.08. The molecule has 0 saturated heterocycles. The molecule has 0 radical (unpaired) electrons. The number of para-hydroxylation sites is 1. The Bertz CT molecular complexity index is 598. The first-order chi connectivity index (χ1) is 10.1. The van der Waals surface area contributed by atoms with Gasteiger partial charge in [0.25, 0.3) is 0 Å². The molecule has 0 spiro atoms. The van der Waals surface area contributed by atoms with Gasteiger partial charge in [-0.05, 0) is 48.6 Å². The number of aryl methyl sites for hydroxylation is 1. The second-order valence-electron chi connectivity index (χ2n) is 5.35. The summed E-state index contributed by atoms with van der Waals surface area (Å²) in [5.74, 6) is 0.946. The van der Waals surface area contributed by atoms with Crippen LogP contribution in [0.5, 0.6) is 5.75 Å². The fourth-order valence-corrected chi connectivity index (χ4v) is 2.50. The molecule has 3 heteroatoms. The summed E-state index contributed by atoms with van der Waals surface area (Å²) in [6.07, 6.45) is 1.80. The number of hydrogen-bond donors (Lipinski definition) is 1. The van der Waals surface area contributed by atoms with E-state index in [1.54, 1.807) is 0 Å². The second-order valence-corrected chi connectivity index (χ2v) is 5.79. The smallest absolute Gasteiger partial charge is 0.125 e. The van der Waals surface area contributed by atoms with E-state index in [-0.39, 0.29) is 6.04 Å². The van der Waals surface area contributed by atoms with Crippen LogP contribution in [0.2, 0.25) is 5.02 Å². The molecule has 2 aromatic rings. The maximum atomic E-state index is 6.08. The van der Waals surface area contributed by atoms with Gasteiger partial charge in [0.2, 0.25) is 0 Å². The zero-order valence-electron chi connectivity index (χ0n) is 12.6. The molecule has 0 aliphatic rings. The van der Waals surface area contributed by atoms with Gasteiger partial charge in [-0.2, -0.15) is 0 Å². The van der Waals surface area contributed by atoms with Crippen LogP contribution in [-0.2, 0) is 13.0 Å². The first-order valence-corrected chi connectivity index (χ1v) is 7.69. The van der Waals surface area contributed by atoms with Crippen molar-refractivity contribution in [2.75, 3.05) is 0 Å². The van der Waals surface area contributed by atoms with E-state index in [2.05, 4.69) is 32.0 Å². The minimum absolute atomic E-state index is 0.167. The Morgan fingerprint density at radius 1 is 1.19 bits per heavy atom. The molecule has 0 aromatic heterocycles. The van der Waals surface area contributed by atoms with Crippen molar-refractivity contribution in [2.24, 2.45) is 5.73 Å².